The van der Waals surface area contributed by atoms with Crippen LogP contribution in [0.3, 0.4) is 0 Å². The number of nitrogens with two attached hydrogens (primary N) is 1. The van der Waals surface area contributed by atoms with E-state index in [1.807, 2.05) is 6.92 Å². The van der Waals surface area contributed by atoms with E-state index in [0.29, 0.717) is 11.0 Å². The fraction of sp³-hybridized carbons (Fsp3) is 0.364. The average molecular weight is 316 g/mol. The Balaban J connectivity index is 2.84. The molecular weight excluding hydrogens is 302 g/mol. The second kappa shape index (κ2) is 6.46. The summed E-state index contributed by atoms with van der Waals surface area (Å²) in [6.07, 6.45) is 0.746. The molecule has 0 bridgehead atoms. The molecule has 0 heterocycles. The summed E-state index contributed by atoms with van der Waals surface area (Å²) in [6, 6.07) is 3.92. The van der Waals surface area contributed by atoms with Crippen LogP contribution in [-0.2, 0) is 0 Å². The third kappa shape index (κ3) is 3.78. The van der Waals surface area contributed by atoms with Crippen LogP contribution in [0, 0.1) is 10.1 Å². The van der Waals surface area contributed by atoms with Crippen molar-refractivity contribution in [3.8, 4) is 0 Å². The third-order valence-electron chi connectivity index (χ3n) is 2.45. The molecule has 1 aromatic carbocycles. The van der Waals surface area contributed by atoms with Gasteiger partial charge in [0.25, 0.3) is 11.6 Å². The predicted octanol–water partition coefficient (Wildman–Crippen LogP) is 1.82. The highest BCUT2D eigenvalue weighted by Gasteiger charge is 2.15. The van der Waals surface area contributed by atoms with Crippen LogP contribution in [0.2, 0.25) is 0 Å². The molecule has 1 aromatic rings. The zero-order valence-corrected chi connectivity index (χ0v) is 11.4. The molecule has 1 atom stereocenters. The van der Waals surface area contributed by atoms with Gasteiger partial charge in [-0.15, -0.1) is 0 Å². The lowest BCUT2D eigenvalue weighted by atomic mass is 10.2. The summed E-state index contributed by atoms with van der Waals surface area (Å²) in [4.78, 5) is 21.9. The first-order valence-corrected chi connectivity index (χ1v) is 6.22. The van der Waals surface area contributed by atoms with Crippen LogP contribution in [0.25, 0.3) is 0 Å². The highest BCUT2D eigenvalue weighted by Crippen LogP contribution is 2.22. The van der Waals surface area contributed by atoms with E-state index in [9.17, 15) is 14.9 Å². The molecule has 7 heteroatoms. The first kappa shape index (κ1) is 14.6. The number of amides is 1. The fourth-order valence-corrected chi connectivity index (χ4v) is 1.69. The van der Waals surface area contributed by atoms with Crippen molar-refractivity contribution in [2.45, 2.75) is 19.4 Å². The van der Waals surface area contributed by atoms with E-state index in [2.05, 4.69) is 21.2 Å². The number of nitrogens with zero attached hydrogens (tertiary/aromatic N) is 1. The first-order chi connectivity index (χ1) is 8.45. The molecule has 0 aromatic heterocycles. The third-order valence-corrected chi connectivity index (χ3v) is 3.15. The van der Waals surface area contributed by atoms with E-state index >= 15 is 0 Å². The van der Waals surface area contributed by atoms with Crippen LogP contribution >= 0.6 is 15.9 Å². The van der Waals surface area contributed by atoms with Crippen molar-refractivity contribution in [2.75, 3.05) is 6.54 Å². The van der Waals surface area contributed by atoms with Gasteiger partial charge >= 0.3 is 0 Å². The summed E-state index contributed by atoms with van der Waals surface area (Å²) in [5.74, 6) is -0.380. The topological polar surface area (TPSA) is 98.3 Å². The van der Waals surface area contributed by atoms with E-state index in [-0.39, 0.29) is 23.2 Å². The molecule has 1 unspecified atom stereocenters. The van der Waals surface area contributed by atoms with Crippen molar-refractivity contribution >= 4 is 27.5 Å². The number of halogens is 1. The van der Waals surface area contributed by atoms with Crippen LogP contribution in [0.15, 0.2) is 22.7 Å². The van der Waals surface area contributed by atoms with Gasteiger partial charge in [-0.05, 0) is 28.4 Å². The van der Waals surface area contributed by atoms with Crippen LogP contribution in [0.5, 0.6) is 0 Å². The molecule has 3 N–H and O–H groups in total. The summed E-state index contributed by atoms with van der Waals surface area (Å²) in [5, 5.41) is 13.3. The summed E-state index contributed by atoms with van der Waals surface area (Å²) < 4.78 is 0.510. The molecule has 98 valence electrons. The molecule has 0 fully saturated rings. The van der Waals surface area contributed by atoms with E-state index in [1.165, 1.54) is 18.2 Å². The smallest absolute Gasteiger partial charge is 0.270 e. The number of hydrogen-bond acceptors (Lipinski definition) is 4. The molecule has 0 aliphatic carbocycles. The van der Waals surface area contributed by atoms with Gasteiger partial charge in [0.2, 0.25) is 0 Å². The zero-order valence-electron chi connectivity index (χ0n) is 9.85. The Labute approximate surface area is 113 Å². The summed E-state index contributed by atoms with van der Waals surface area (Å²) in [7, 11) is 0. The second-order valence-electron chi connectivity index (χ2n) is 3.80. The average Bonchev–Trinajstić information content (AvgIpc) is 2.35. The molecule has 0 radical (unpaired) electrons. The number of nitro groups is 1. The van der Waals surface area contributed by atoms with E-state index in [1.54, 1.807) is 0 Å². The van der Waals surface area contributed by atoms with Gasteiger partial charge in [0.05, 0.1) is 10.5 Å². The van der Waals surface area contributed by atoms with Crippen molar-refractivity contribution in [1.82, 2.24) is 5.32 Å². The Bertz CT molecular complexity index is 465. The zero-order chi connectivity index (χ0) is 13.7. The first-order valence-electron chi connectivity index (χ1n) is 5.43. The Morgan fingerprint density at radius 3 is 2.83 bits per heavy atom. The maximum absolute atomic E-state index is 11.8. The molecule has 18 heavy (non-hydrogen) atoms. The lowest BCUT2D eigenvalue weighted by Crippen LogP contribution is -2.36. The van der Waals surface area contributed by atoms with Gasteiger partial charge in [0.15, 0.2) is 0 Å². The largest absolute Gasteiger partial charge is 0.350 e. The minimum atomic E-state index is -0.541. The molecule has 0 spiro atoms. The van der Waals surface area contributed by atoms with E-state index in [0.717, 1.165) is 6.42 Å². The van der Waals surface area contributed by atoms with Crippen molar-refractivity contribution < 1.29 is 9.72 Å². The quantitative estimate of drug-likeness (QED) is 0.639. The Morgan fingerprint density at radius 2 is 2.28 bits per heavy atom. The van der Waals surface area contributed by atoms with E-state index in [4.69, 9.17) is 5.73 Å². The number of carbonyl (C=O) groups is 1. The van der Waals surface area contributed by atoms with Crippen LogP contribution in [0.1, 0.15) is 23.7 Å². The predicted molar refractivity (Wildman–Crippen MR) is 71.4 cm³/mol. The fourth-order valence-electron chi connectivity index (χ4n) is 1.26. The Kier molecular flexibility index (Phi) is 5.24. The maximum atomic E-state index is 11.8. The molecule has 6 nitrogen and oxygen atoms in total. The molecule has 0 aliphatic heterocycles. The lowest BCUT2D eigenvalue weighted by molar-refractivity contribution is -0.384. The molecular formula is C11H14BrN3O3. The lowest BCUT2D eigenvalue weighted by Gasteiger charge is -2.11. The molecule has 1 rings (SSSR count). The monoisotopic (exact) mass is 315 g/mol. The minimum Gasteiger partial charge on any atom is -0.350 e. The van der Waals surface area contributed by atoms with Crippen LogP contribution in [-0.4, -0.2) is 23.4 Å². The molecule has 1 amide bonds. The Morgan fingerprint density at radius 1 is 1.61 bits per heavy atom. The number of nitrogens with one attached hydrogen (secondary N) is 1. The van der Waals surface area contributed by atoms with Gasteiger partial charge in [0.1, 0.15) is 0 Å². The van der Waals surface area contributed by atoms with Gasteiger partial charge in [-0.25, -0.2) is 0 Å². The summed E-state index contributed by atoms with van der Waals surface area (Å²) in [6.45, 7) is 2.25. The number of hydrogen-bond donors (Lipinski definition) is 2. The molecule has 0 saturated carbocycles. The van der Waals surface area contributed by atoms with Crippen LogP contribution < -0.4 is 11.1 Å². The maximum Gasteiger partial charge on any atom is 0.270 e. The highest BCUT2D eigenvalue weighted by atomic mass is 79.9. The summed E-state index contributed by atoms with van der Waals surface area (Å²) >= 11 is 3.19. The van der Waals surface area contributed by atoms with Gasteiger partial charge in [-0.2, -0.15) is 0 Å². The van der Waals surface area contributed by atoms with Gasteiger partial charge in [-0.3, -0.25) is 14.9 Å². The second-order valence-corrected chi connectivity index (χ2v) is 4.65. The number of non-ortho nitro benzene ring substituents is 1. The highest BCUT2D eigenvalue weighted by molar-refractivity contribution is 9.10. The van der Waals surface area contributed by atoms with E-state index < -0.39 is 4.92 Å². The minimum absolute atomic E-state index is 0.119. The number of nitro benzene ring substituents is 1. The van der Waals surface area contributed by atoms with Gasteiger partial charge < -0.3 is 11.1 Å². The number of rotatable bonds is 5. The van der Waals surface area contributed by atoms with Gasteiger partial charge in [0, 0.05) is 29.2 Å². The van der Waals surface area contributed by atoms with Crippen molar-refractivity contribution in [1.29, 1.82) is 0 Å². The van der Waals surface area contributed by atoms with Gasteiger partial charge in [-0.1, -0.05) is 6.92 Å². The number of carbonyl (C=O) groups excluding carboxylic acids is 1. The van der Waals surface area contributed by atoms with Crippen molar-refractivity contribution in [2.24, 2.45) is 5.73 Å². The SMILES string of the molecule is CCC(N)CNC(=O)c1cc([N+](=O)[O-])ccc1Br. The molecule has 0 aliphatic rings. The molecule has 0 saturated heterocycles. The number of benzene rings is 1. The standard InChI is InChI=1S/C11H14BrN3O3/c1-2-7(13)6-14-11(16)9-5-8(15(17)18)3-4-10(9)12/h3-5,7H,2,6,13H2,1H3,(H,14,16). The normalized spacial score (nSPS) is 11.9. The Hall–Kier alpha value is -1.47. The summed E-state index contributed by atoms with van der Waals surface area (Å²) in [5.41, 5.74) is 5.79. The van der Waals surface area contributed by atoms with Crippen LogP contribution in [0.4, 0.5) is 5.69 Å². The van der Waals surface area contributed by atoms with Crippen molar-refractivity contribution in [3.05, 3.63) is 38.3 Å². The van der Waals surface area contributed by atoms with Crippen molar-refractivity contribution in [3.63, 3.8) is 0 Å².